The molecule has 0 atom stereocenters. The summed E-state index contributed by atoms with van der Waals surface area (Å²) in [5, 5.41) is 3.05. The average molecular weight is 341 g/mol. The first-order valence-corrected chi connectivity index (χ1v) is 8.88. The predicted molar refractivity (Wildman–Crippen MR) is 99.7 cm³/mol. The number of piperazine rings is 1. The van der Waals surface area contributed by atoms with Crippen LogP contribution in [0.25, 0.3) is 0 Å². The first-order valence-electron chi connectivity index (χ1n) is 8.88. The summed E-state index contributed by atoms with van der Waals surface area (Å²) in [6, 6.07) is 6.14. The number of nitrogens with one attached hydrogen (secondary N) is 1. The molecule has 2 heterocycles. The standard InChI is InChI=1S/C19H27N5O/c1-16-3-4-17(2)18(13-16)21-19(25)14-23-10-7-22(8-11-23)9-12-24-6-5-20-15-24/h3-6,13,15H,7-12,14H2,1-2H3,(H,21,25). The fourth-order valence-corrected chi connectivity index (χ4v) is 3.11. The van der Waals surface area contributed by atoms with Gasteiger partial charge >= 0.3 is 0 Å². The second-order valence-electron chi connectivity index (χ2n) is 6.78. The maximum absolute atomic E-state index is 12.3. The Kier molecular flexibility index (Phi) is 5.83. The minimum absolute atomic E-state index is 0.0700. The van der Waals surface area contributed by atoms with Crippen LogP contribution in [0.2, 0.25) is 0 Å². The average Bonchev–Trinajstić information content (AvgIpc) is 3.11. The molecular weight excluding hydrogens is 314 g/mol. The highest BCUT2D eigenvalue weighted by atomic mass is 16.2. The van der Waals surface area contributed by atoms with Crippen molar-refractivity contribution in [2.45, 2.75) is 20.4 Å². The van der Waals surface area contributed by atoms with E-state index in [9.17, 15) is 4.79 Å². The molecule has 0 aliphatic carbocycles. The zero-order valence-corrected chi connectivity index (χ0v) is 15.1. The van der Waals surface area contributed by atoms with Crippen molar-refractivity contribution in [3.8, 4) is 0 Å². The summed E-state index contributed by atoms with van der Waals surface area (Å²) in [5.74, 6) is 0.0700. The molecule has 134 valence electrons. The van der Waals surface area contributed by atoms with Crippen LogP contribution >= 0.6 is 0 Å². The van der Waals surface area contributed by atoms with Crippen LogP contribution in [0.1, 0.15) is 11.1 Å². The van der Waals surface area contributed by atoms with Crippen LogP contribution in [-0.4, -0.2) is 64.5 Å². The van der Waals surface area contributed by atoms with Crippen molar-refractivity contribution in [1.29, 1.82) is 0 Å². The first kappa shape index (κ1) is 17.6. The van der Waals surface area contributed by atoms with Crippen molar-refractivity contribution in [1.82, 2.24) is 19.4 Å². The van der Waals surface area contributed by atoms with E-state index in [4.69, 9.17) is 0 Å². The first-order chi connectivity index (χ1) is 12.1. The normalized spacial score (nSPS) is 16.1. The van der Waals surface area contributed by atoms with Gasteiger partial charge in [0.2, 0.25) is 5.91 Å². The summed E-state index contributed by atoms with van der Waals surface area (Å²) in [5.41, 5.74) is 3.18. The maximum Gasteiger partial charge on any atom is 0.238 e. The third-order valence-corrected chi connectivity index (χ3v) is 4.73. The number of carbonyl (C=O) groups excluding carboxylic acids is 1. The van der Waals surface area contributed by atoms with E-state index < -0.39 is 0 Å². The molecule has 1 amide bonds. The molecule has 1 N–H and O–H groups in total. The summed E-state index contributed by atoms with van der Waals surface area (Å²) in [7, 11) is 0. The molecule has 1 aromatic heterocycles. The lowest BCUT2D eigenvalue weighted by atomic mass is 10.1. The number of hydrogen-bond acceptors (Lipinski definition) is 4. The van der Waals surface area contributed by atoms with E-state index in [0.29, 0.717) is 6.54 Å². The number of nitrogens with zero attached hydrogens (tertiary/aromatic N) is 4. The van der Waals surface area contributed by atoms with E-state index in [1.807, 2.05) is 44.7 Å². The van der Waals surface area contributed by atoms with Crippen LogP contribution in [0, 0.1) is 13.8 Å². The Labute approximate surface area is 149 Å². The van der Waals surface area contributed by atoms with Crippen LogP contribution in [-0.2, 0) is 11.3 Å². The van der Waals surface area contributed by atoms with Crippen molar-refractivity contribution in [2.75, 3.05) is 44.6 Å². The number of rotatable bonds is 6. The molecule has 1 aromatic carbocycles. The van der Waals surface area contributed by atoms with E-state index in [0.717, 1.165) is 56.1 Å². The van der Waals surface area contributed by atoms with E-state index in [-0.39, 0.29) is 5.91 Å². The van der Waals surface area contributed by atoms with Gasteiger partial charge < -0.3 is 9.88 Å². The summed E-state index contributed by atoms with van der Waals surface area (Å²) < 4.78 is 2.10. The summed E-state index contributed by atoms with van der Waals surface area (Å²) >= 11 is 0. The fourth-order valence-electron chi connectivity index (χ4n) is 3.11. The minimum Gasteiger partial charge on any atom is -0.336 e. The number of aromatic nitrogens is 2. The van der Waals surface area contributed by atoms with Crippen molar-refractivity contribution in [2.24, 2.45) is 0 Å². The van der Waals surface area contributed by atoms with Gasteiger partial charge in [-0.3, -0.25) is 14.6 Å². The van der Waals surface area contributed by atoms with Gasteiger partial charge in [0, 0.05) is 57.3 Å². The predicted octanol–water partition coefficient (Wildman–Crippen LogP) is 1.76. The topological polar surface area (TPSA) is 53.4 Å². The Hall–Kier alpha value is -2.18. The minimum atomic E-state index is 0.0700. The molecule has 1 aliphatic rings. The van der Waals surface area contributed by atoms with Crippen molar-refractivity contribution >= 4 is 11.6 Å². The molecular formula is C19H27N5O. The van der Waals surface area contributed by atoms with E-state index in [1.165, 1.54) is 0 Å². The van der Waals surface area contributed by atoms with Crippen molar-refractivity contribution < 1.29 is 4.79 Å². The van der Waals surface area contributed by atoms with Crippen LogP contribution < -0.4 is 5.32 Å². The van der Waals surface area contributed by atoms with Gasteiger partial charge in [0.15, 0.2) is 0 Å². The third-order valence-electron chi connectivity index (χ3n) is 4.73. The second kappa shape index (κ2) is 8.27. The smallest absolute Gasteiger partial charge is 0.238 e. The highest BCUT2D eigenvalue weighted by Gasteiger charge is 2.19. The molecule has 0 bridgehead atoms. The summed E-state index contributed by atoms with van der Waals surface area (Å²) in [4.78, 5) is 21.1. The lowest BCUT2D eigenvalue weighted by molar-refractivity contribution is -0.117. The molecule has 25 heavy (non-hydrogen) atoms. The fraction of sp³-hybridized carbons (Fsp3) is 0.474. The molecule has 1 aliphatic heterocycles. The van der Waals surface area contributed by atoms with E-state index in [2.05, 4.69) is 30.7 Å². The Morgan fingerprint density at radius 2 is 1.88 bits per heavy atom. The van der Waals surface area contributed by atoms with Gasteiger partial charge in [-0.05, 0) is 31.0 Å². The molecule has 0 unspecified atom stereocenters. The number of anilines is 1. The molecule has 6 heteroatoms. The Bertz CT molecular complexity index is 690. The molecule has 0 saturated carbocycles. The van der Waals surface area contributed by atoms with Gasteiger partial charge in [-0.25, -0.2) is 4.98 Å². The molecule has 6 nitrogen and oxygen atoms in total. The van der Waals surface area contributed by atoms with Crippen LogP contribution in [0.3, 0.4) is 0 Å². The summed E-state index contributed by atoms with van der Waals surface area (Å²) in [6.45, 7) is 10.4. The van der Waals surface area contributed by atoms with Gasteiger partial charge in [0.05, 0.1) is 12.9 Å². The third kappa shape index (κ3) is 5.14. The molecule has 3 rings (SSSR count). The molecule has 1 saturated heterocycles. The Morgan fingerprint density at radius 3 is 2.60 bits per heavy atom. The largest absolute Gasteiger partial charge is 0.336 e. The molecule has 0 spiro atoms. The number of hydrogen-bond donors (Lipinski definition) is 1. The number of amides is 1. The maximum atomic E-state index is 12.3. The van der Waals surface area contributed by atoms with Gasteiger partial charge in [-0.1, -0.05) is 12.1 Å². The zero-order valence-electron chi connectivity index (χ0n) is 15.1. The number of carbonyl (C=O) groups is 1. The quantitative estimate of drug-likeness (QED) is 0.870. The molecule has 1 fully saturated rings. The van der Waals surface area contributed by atoms with Gasteiger partial charge in [-0.15, -0.1) is 0 Å². The number of aryl methyl sites for hydroxylation is 2. The van der Waals surface area contributed by atoms with Crippen LogP contribution in [0.15, 0.2) is 36.9 Å². The van der Waals surface area contributed by atoms with Gasteiger partial charge in [0.1, 0.15) is 0 Å². The van der Waals surface area contributed by atoms with Crippen LogP contribution in [0.4, 0.5) is 5.69 Å². The Balaban J connectivity index is 1.41. The number of benzene rings is 1. The highest BCUT2D eigenvalue weighted by Crippen LogP contribution is 2.16. The second-order valence-corrected chi connectivity index (χ2v) is 6.78. The van der Waals surface area contributed by atoms with E-state index in [1.54, 1.807) is 0 Å². The van der Waals surface area contributed by atoms with Crippen molar-refractivity contribution in [3.05, 3.63) is 48.0 Å². The zero-order chi connectivity index (χ0) is 17.6. The SMILES string of the molecule is Cc1ccc(C)c(NC(=O)CN2CCN(CCn3ccnc3)CC2)c1. The van der Waals surface area contributed by atoms with Crippen molar-refractivity contribution in [3.63, 3.8) is 0 Å². The van der Waals surface area contributed by atoms with Crippen LogP contribution in [0.5, 0.6) is 0 Å². The molecule has 2 aromatic rings. The lowest BCUT2D eigenvalue weighted by Gasteiger charge is -2.34. The monoisotopic (exact) mass is 341 g/mol. The van der Waals surface area contributed by atoms with Gasteiger partial charge in [0.25, 0.3) is 0 Å². The number of imidazole rings is 1. The van der Waals surface area contributed by atoms with E-state index >= 15 is 0 Å². The Morgan fingerprint density at radius 1 is 1.12 bits per heavy atom. The molecule has 0 radical (unpaired) electrons. The highest BCUT2D eigenvalue weighted by molar-refractivity contribution is 5.93. The van der Waals surface area contributed by atoms with Gasteiger partial charge in [-0.2, -0.15) is 0 Å². The lowest BCUT2D eigenvalue weighted by Crippen LogP contribution is -2.49. The summed E-state index contributed by atoms with van der Waals surface area (Å²) in [6.07, 6.45) is 5.66.